The largest absolute Gasteiger partial charge is 0.469 e. The number of nitrogens with two attached hydrogens (primary N) is 1. The van der Waals surface area contributed by atoms with Crippen LogP contribution in [0.2, 0.25) is 0 Å². The summed E-state index contributed by atoms with van der Waals surface area (Å²) in [6, 6.07) is 3.57. The first-order valence-electron chi connectivity index (χ1n) is 4.91. The Bertz CT molecular complexity index is 288. The number of hydrogen-bond donors (Lipinski definition) is 1. The summed E-state index contributed by atoms with van der Waals surface area (Å²) in [5, 5.41) is 0. The Morgan fingerprint density at radius 1 is 1.64 bits per heavy atom. The minimum absolute atomic E-state index is 0.0364. The third-order valence-electron chi connectivity index (χ3n) is 2.32. The lowest BCUT2D eigenvalue weighted by molar-refractivity contribution is -0.123. The molecule has 1 rings (SSSR count). The number of carbonyl (C=O) groups excluding carboxylic acids is 1. The van der Waals surface area contributed by atoms with Crippen molar-refractivity contribution in [1.29, 1.82) is 0 Å². The van der Waals surface area contributed by atoms with Gasteiger partial charge in [0.2, 0.25) is 0 Å². The molecule has 0 saturated carbocycles. The second-order valence-electron chi connectivity index (χ2n) is 3.85. The molecule has 1 unspecified atom stereocenters. The Morgan fingerprint density at radius 3 is 2.86 bits per heavy atom. The molecule has 1 heterocycles. The molecule has 2 N–H and O–H groups in total. The second-order valence-corrected chi connectivity index (χ2v) is 3.85. The highest BCUT2D eigenvalue weighted by atomic mass is 16.3. The van der Waals surface area contributed by atoms with Crippen LogP contribution in [0.4, 0.5) is 0 Å². The minimum Gasteiger partial charge on any atom is -0.469 e. The van der Waals surface area contributed by atoms with Crippen LogP contribution in [-0.2, 0) is 11.2 Å². The van der Waals surface area contributed by atoms with Crippen LogP contribution in [0.25, 0.3) is 0 Å². The molecule has 0 aliphatic carbocycles. The summed E-state index contributed by atoms with van der Waals surface area (Å²) < 4.78 is 5.10. The molecule has 0 saturated heterocycles. The smallest absolute Gasteiger partial charge is 0.159 e. The molecule has 1 aromatic rings. The molecule has 1 atom stereocenters. The van der Waals surface area contributed by atoms with Crippen LogP contribution >= 0.6 is 0 Å². The molecule has 0 spiro atoms. The number of hydrogen-bond acceptors (Lipinski definition) is 3. The topological polar surface area (TPSA) is 56.2 Å². The standard InChI is InChI=1S/C11H17NO2/c1-3-6-11(2,12)10(13)8-9-5-4-7-14-9/h4-5,7H,3,6,8,12H2,1-2H3. The van der Waals surface area contributed by atoms with Crippen LogP contribution in [0.3, 0.4) is 0 Å². The van der Waals surface area contributed by atoms with Gasteiger partial charge in [0.15, 0.2) is 5.78 Å². The van der Waals surface area contributed by atoms with Gasteiger partial charge in [-0.3, -0.25) is 4.79 Å². The van der Waals surface area contributed by atoms with Gasteiger partial charge in [-0.2, -0.15) is 0 Å². The molecule has 0 radical (unpaired) electrons. The van der Waals surface area contributed by atoms with E-state index in [2.05, 4.69) is 0 Å². The van der Waals surface area contributed by atoms with Crippen LogP contribution in [-0.4, -0.2) is 11.3 Å². The van der Waals surface area contributed by atoms with Crippen molar-refractivity contribution < 1.29 is 9.21 Å². The monoisotopic (exact) mass is 195 g/mol. The van der Waals surface area contributed by atoms with Crippen LogP contribution < -0.4 is 5.73 Å². The summed E-state index contributed by atoms with van der Waals surface area (Å²) in [4.78, 5) is 11.7. The zero-order valence-electron chi connectivity index (χ0n) is 8.75. The number of rotatable bonds is 5. The fraction of sp³-hybridized carbons (Fsp3) is 0.545. The molecule has 3 nitrogen and oxygen atoms in total. The number of Topliss-reactive ketones (excluding diaryl/α,β-unsaturated/α-hetero) is 1. The van der Waals surface area contributed by atoms with Crippen molar-refractivity contribution in [3.8, 4) is 0 Å². The van der Waals surface area contributed by atoms with E-state index in [0.29, 0.717) is 18.6 Å². The van der Waals surface area contributed by atoms with Crippen LogP contribution in [0.1, 0.15) is 32.4 Å². The van der Waals surface area contributed by atoms with Crippen molar-refractivity contribution in [2.24, 2.45) is 5.73 Å². The van der Waals surface area contributed by atoms with E-state index in [0.717, 1.165) is 6.42 Å². The predicted molar refractivity (Wildman–Crippen MR) is 54.9 cm³/mol. The highest BCUT2D eigenvalue weighted by Gasteiger charge is 2.27. The minimum atomic E-state index is -0.721. The van der Waals surface area contributed by atoms with Gasteiger partial charge in [-0.1, -0.05) is 13.3 Å². The molecule has 0 aliphatic rings. The van der Waals surface area contributed by atoms with Crippen molar-refractivity contribution in [3.05, 3.63) is 24.2 Å². The van der Waals surface area contributed by atoms with Gasteiger partial charge in [0.05, 0.1) is 18.2 Å². The molecular weight excluding hydrogens is 178 g/mol. The average Bonchev–Trinajstić information content (AvgIpc) is 2.56. The van der Waals surface area contributed by atoms with Crippen LogP contribution in [0.15, 0.2) is 22.8 Å². The molecular formula is C11H17NO2. The SMILES string of the molecule is CCCC(C)(N)C(=O)Cc1ccco1. The lowest BCUT2D eigenvalue weighted by Crippen LogP contribution is -2.45. The first-order chi connectivity index (χ1) is 6.56. The molecule has 0 aliphatic heterocycles. The van der Waals surface area contributed by atoms with E-state index < -0.39 is 5.54 Å². The summed E-state index contributed by atoms with van der Waals surface area (Å²) in [6.45, 7) is 3.80. The Morgan fingerprint density at radius 2 is 2.36 bits per heavy atom. The average molecular weight is 195 g/mol. The molecule has 0 aromatic carbocycles. The Kier molecular flexibility index (Phi) is 3.47. The van der Waals surface area contributed by atoms with Crippen molar-refractivity contribution in [3.63, 3.8) is 0 Å². The van der Waals surface area contributed by atoms with Gasteiger partial charge in [-0.05, 0) is 25.5 Å². The first kappa shape index (κ1) is 11.0. The van der Waals surface area contributed by atoms with Crippen molar-refractivity contribution in [2.45, 2.75) is 38.6 Å². The number of furan rings is 1. The van der Waals surface area contributed by atoms with Gasteiger partial charge in [-0.25, -0.2) is 0 Å². The van der Waals surface area contributed by atoms with E-state index in [1.165, 1.54) is 0 Å². The van der Waals surface area contributed by atoms with Crippen molar-refractivity contribution in [2.75, 3.05) is 0 Å². The summed E-state index contributed by atoms with van der Waals surface area (Å²) in [6.07, 6.45) is 3.49. The number of ketones is 1. The molecule has 3 heteroatoms. The van der Waals surface area contributed by atoms with Gasteiger partial charge in [-0.15, -0.1) is 0 Å². The Labute approximate surface area is 84.3 Å². The first-order valence-corrected chi connectivity index (χ1v) is 4.91. The van der Waals surface area contributed by atoms with E-state index in [1.807, 2.05) is 6.92 Å². The lowest BCUT2D eigenvalue weighted by Gasteiger charge is -2.21. The zero-order chi connectivity index (χ0) is 10.6. The third kappa shape index (κ3) is 2.70. The summed E-state index contributed by atoms with van der Waals surface area (Å²) in [7, 11) is 0. The highest BCUT2D eigenvalue weighted by molar-refractivity contribution is 5.89. The summed E-state index contributed by atoms with van der Waals surface area (Å²) in [5.74, 6) is 0.720. The molecule has 78 valence electrons. The molecule has 1 aromatic heterocycles. The Hall–Kier alpha value is -1.09. The molecule has 0 bridgehead atoms. The van der Waals surface area contributed by atoms with Gasteiger partial charge in [0.1, 0.15) is 5.76 Å². The molecule has 14 heavy (non-hydrogen) atoms. The van der Waals surface area contributed by atoms with E-state index in [9.17, 15) is 4.79 Å². The normalized spacial score (nSPS) is 15.1. The summed E-state index contributed by atoms with van der Waals surface area (Å²) >= 11 is 0. The van der Waals surface area contributed by atoms with E-state index in [1.54, 1.807) is 25.3 Å². The number of carbonyl (C=O) groups is 1. The van der Waals surface area contributed by atoms with Gasteiger partial charge in [0, 0.05) is 0 Å². The van der Waals surface area contributed by atoms with Gasteiger partial charge in [0.25, 0.3) is 0 Å². The van der Waals surface area contributed by atoms with Crippen molar-refractivity contribution in [1.82, 2.24) is 0 Å². The quantitative estimate of drug-likeness (QED) is 0.780. The third-order valence-corrected chi connectivity index (χ3v) is 2.32. The van der Waals surface area contributed by atoms with Crippen LogP contribution in [0, 0.1) is 0 Å². The predicted octanol–water partition coefficient (Wildman–Crippen LogP) is 1.91. The van der Waals surface area contributed by atoms with E-state index >= 15 is 0 Å². The Balaban J connectivity index is 2.57. The lowest BCUT2D eigenvalue weighted by atomic mass is 9.90. The molecule has 0 fully saturated rings. The zero-order valence-corrected chi connectivity index (χ0v) is 8.75. The fourth-order valence-corrected chi connectivity index (χ4v) is 1.43. The van der Waals surface area contributed by atoms with E-state index in [4.69, 9.17) is 10.2 Å². The maximum absolute atomic E-state index is 11.7. The maximum atomic E-state index is 11.7. The molecule has 0 amide bonds. The van der Waals surface area contributed by atoms with Crippen LogP contribution in [0.5, 0.6) is 0 Å². The second kappa shape index (κ2) is 4.42. The fourth-order valence-electron chi connectivity index (χ4n) is 1.43. The van der Waals surface area contributed by atoms with Gasteiger partial charge < -0.3 is 10.2 Å². The van der Waals surface area contributed by atoms with Crippen molar-refractivity contribution >= 4 is 5.78 Å². The van der Waals surface area contributed by atoms with Gasteiger partial charge >= 0.3 is 0 Å². The highest BCUT2D eigenvalue weighted by Crippen LogP contribution is 2.13. The summed E-state index contributed by atoms with van der Waals surface area (Å²) in [5.41, 5.74) is 5.18. The maximum Gasteiger partial charge on any atom is 0.159 e. The van der Waals surface area contributed by atoms with E-state index in [-0.39, 0.29) is 5.78 Å².